The Labute approximate surface area is 138 Å². The number of rotatable bonds is 2. The summed E-state index contributed by atoms with van der Waals surface area (Å²) >= 11 is 0. The maximum Gasteiger partial charge on any atom is 0.308 e. The van der Waals surface area contributed by atoms with Crippen molar-refractivity contribution < 1.29 is 19.0 Å². The average molecular weight is 327 g/mol. The van der Waals surface area contributed by atoms with Crippen molar-refractivity contribution in [2.45, 2.75) is 38.2 Å². The number of nitrogens with zero attached hydrogens (tertiary/aromatic N) is 1. The topological polar surface area (TPSA) is 70.1 Å². The zero-order valence-corrected chi connectivity index (χ0v) is 13.6. The van der Waals surface area contributed by atoms with E-state index in [-0.39, 0.29) is 11.7 Å². The number of hydrogen-bond acceptors (Lipinski definition) is 5. The lowest BCUT2D eigenvalue weighted by Gasteiger charge is -2.34. The Bertz CT molecular complexity index is 900. The predicted molar refractivity (Wildman–Crippen MR) is 85.1 cm³/mol. The number of pyridine rings is 1. The van der Waals surface area contributed by atoms with E-state index in [2.05, 4.69) is 0 Å². The maximum atomic E-state index is 12.4. The Balaban J connectivity index is 1.93. The van der Waals surface area contributed by atoms with Crippen molar-refractivity contribution in [1.82, 2.24) is 4.57 Å². The van der Waals surface area contributed by atoms with Gasteiger partial charge >= 0.3 is 5.97 Å². The fourth-order valence-electron chi connectivity index (χ4n) is 3.42. The Morgan fingerprint density at radius 1 is 1.25 bits per heavy atom. The lowest BCUT2D eigenvalue weighted by atomic mass is 9.89. The Kier molecular flexibility index (Phi) is 2.93. The van der Waals surface area contributed by atoms with E-state index >= 15 is 0 Å². The quantitative estimate of drug-likeness (QED) is 0.480. The van der Waals surface area contributed by atoms with Gasteiger partial charge in [0.15, 0.2) is 6.10 Å². The fraction of sp³-hybridized carbons (Fsp3) is 0.333. The van der Waals surface area contributed by atoms with E-state index in [4.69, 9.17) is 14.2 Å². The summed E-state index contributed by atoms with van der Waals surface area (Å²) in [6.45, 7) is 5.19. The van der Waals surface area contributed by atoms with E-state index in [1.807, 2.05) is 13.8 Å². The second-order valence-corrected chi connectivity index (χ2v) is 6.56. The number of carbonyl (C=O) groups excluding carboxylic acids is 1. The molecule has 6 heteroatoms. The van der Waals surface area contributed by atoms with Crippen molar-refractivity contribution in [3.05, 3.63) is 58.5 Å². The minimum absolute atomic E-state index is 0.165. The van der Waals surface area contributed by atoms with Gasteiger partial charge in [-0.1, -0.05) is 6.07 Å². The van der Waals surface area contributed by atoms with Crippen LogP contribution in [0.3, 0.4) is 0 Å². The Morgan fingerprint density at radius 3 is 2.75 bits per heavy atom. The van der Waals surface area contributed by atoms with E-state index in [0.29, 0.717) is 17.1 Å². The van der Waals surface area contributed by atoms with Gasteiger partial charge in [-0.2, -0.15) is 0 Å². The fourth-order valence-corrected chi connectivity index (χ4v) is 3.42. The molecule has 124 valence electrons. The van der Waals surface area contributed by atoms with E-state index in [1.54, 1.807) is 41.1 Å². The summed E-state index contributed by atoms with van der Waals surface area (Å²) in [5.74, 6) is 0.591. The second-order valence-electron chi connectivity index (χ2n) is 6.56. The lowest BCUT2D eigenvalue weighted by molar-refractivity contribution is -0.131. The minimum Gasteiger partial charge on any atom is -0.484 e. The molecule has 24 heavy (non-hydrogen) atoms. The summed E-state index contributed by atoms with van der Waals surface area (Å²) in [4.78, 5) is 23.6. The van der Waals surface area contributed by atoms with Crippen LogP contribution in [0.1, 0.15) is 26.3 Å². The summed E-state index contributed by atoms with van der Waals surface area (Å²) < 4.78 is 18.8. The first kappa shape index (κ1) is 15.0. The molecule has 0 spiro atoms. The molecule has 3 heterocycles. The van der Waals surface area contributed by atoms with Crippen LogP contribution >= 0.6 is 0 Å². The number of carbonyl (C=O) groups is 1. The zero-order chi connectivity index (χ0) is 17.1. The van der Waals surface area contributed by atoms with Crippen molar-refractivity contribution in [2.24, 2.45) is 0 Å². The largest absolute Gasteiger partial charge is 0.484 e. The van der Waals surface area contributed by atoms with Crippen LogP contribution in [-0.4, -0.2) is 22.2 Å². The lowest BCUT2D eigenvalue weighted by Crippen LogP contribution is -2.46. The molecule has 1 aromatic heterocycles. The molecule has 0 radical (unpaired) electrons. The number of ether oxygens (including phenoxy) is 3. The molecule has 2 aliphatic rings. The molecule has 1 aromatic carbocycles. The van der Waals surface area contributed by atoms with Gasteiger partial charge < -0.3 is 14.2 Å². The average Bonchev–Trinajstić information content (AvgIpc) is 3.26. The van der Waals surface area contributed by atoms with Crippen molar-refractivity contribution in [3.63, 3.8) is 0 Å². The van der Waals surface area contributed by atoms with Gasteiger partial charge in [0.2, 0.25) is 5.72 Å². The molecule has 0 bridgehead atoms. The number of hydrogen-bond donors (Lipinski definition) is 0. The number of esters is 1. The van der Waals surface area contributed by atoms with E-state index < -0.39 is 17.3 Å². The smallest absolute Gasteiger partial charge is 0.308 e. The summed E-state index contributed by atoms with van der Waals surface area (Å²) in [6.07, 6.45) is 1.39. The monoisotopic (exact) mass is 327 g/mol. The van der Waals surface area contributed by atoms with Gasteiger partial charge in [-0.25, -0.2) is 0 Å². The van der Waals surface area contributed by atoms with E-state index in [9.17, 15) is 9.59 Å². The van der Waals surface area contributed by atoms with Crippen molar-refractivity contribution in [3.8, 4) is 11.5 Å². The first-order chi connectivity index (χ1) is 11.3. The molecular formula is C18H17NO5. The highest BCUT2D eigenvalue weighted by molar-refractivity contribution is 5.69. The van der Waals surface area contributed by atoms with Crippen molar-refractivity contribution in [1.29, 1.82) is 0 Å². The molecule has 0 saturated carbocycles. The molecule has 0 aliphatic carbocycles. The molecule has 2 unspecified atom stereocenters. The highest BCUT2D eigenvalue weighted by Gasteiger charge is 2.71. The number of fused-ring (bicyclic) bond motifs is 3. The molecule has 2 atom stereocenters. The van der Waals surface area contributed by atoms with Gasteiger partial charge in [-0.3, -0.25) is 14.2 Å². The number of epoxide rings is 1. The highest BCUT2D eigenvalue weighted by Crippen LogP contribution is 2.59. The molecular weight excluding hydrogens is 310 g/mol. The van der Waals surface area contributed by atoms with E-state index in [0.717, 1.165) is 0 Å². The summed E-state index contributed by atoms with van der Waals surface area (Å²) in [5.41, 5.74) is -1.02. The molecule has 1 saturated heterocycles. The SMILES string of the molecule is CC(=O)Oc1ccc2c(c1)C1(n3ccccc3=O)OC1C(C)(C)O2. The van der Waals surface area contributed by atoms with E-state index in [1.165, 1.54) is 13.0 Å². The van der Waals surface area contributed by atoms with Crippen LogP contribution in [0.2, 0.25) is 0 Å². The standard InChI is InChI=1S/C18H17NO5/c1-11(20)22-12-7-8-14-13(10-12)18(16(24-18)17(2,3)23-14)19-9-5-4-6-15(19)21/h4-10,16H,1-3H3. The molecule has 0 amide bonds. The highest BCUT2D eigenvalue weighted by atomic mass is 16.7. The molecule has 2 aromatic rings. The maximum absolute atomic E-state index is 12.4. The predicted octanol–water partition coefficient (Wildman–Crippen LogP) is 2.04. The normalized spacial score (nSPS) is 25.9. The molecule has 1 fully saturated rings. The minimum atomic E-state index is -0.939. The van der Waals surface area contributed by atoms with Crippen molar-refractivity contribution >= 4 is 5.97 Å². The number of aromatic nitrogens is 1. The third-order valence-electron chi connectivity index (χ3n) is 4.38. The second kappa shape index (κ2) is 4.70. The molecule has 2 aliphatic heterocycles. The summed E-state index contributed by atoms with van der Waals surface area (Å²) in [7, 11) is 0. The molecule has 4 rings (SSSR count). The van der Waals surface area contributed by atoms with Gasteiger partial charge in [-0.05, 0) is 38.1 Å². The van der Waals surface area contributed by atoms with Crippen LogP contribution in [0.5, 0.6) is 11.5 Å². The first-order valence-corrected chi connectivity index (χ1v) is 7.72. The summed E-state index contributed by atoms with van der Waals surface area (Å²) in [5, 5.41) is 0. The zero-order valence-electron chi connectivity index (χ0n) is 13.6. The van der Waals surface area contributed by atoms with Crippen LogP contribution in [-0.2, 0) is 15.3 Å². The van der Waals surface area contributed by atoms with Gasteiger partial charge in [0.1, 0.15) is 17.1 Å². The summed E-state index contributed by atoms with van der Waals surface area (Å²) in [6, 6.07) is 10.1. The van der Waals surface area contributed by atoms with Crippen LogP contribution in [0, 0.1) is 0 Å². The van der Waals surface area contributed by atoms with Gasteiger partial charge in [0.05, 0.1) is 5.56 Å². The van der Waals surface area contributed by atoms with Gasteiger partial charge in [0.25, 0.3) is 5.56 Å². The third kappa shape index (κ3) is 1.99. The van der Waals surface area contributed by atoms with Crippen molar-refractivity contribution in [2.75, 3.05) is 0 Å². The van der Waals surface area contributed by atoms with Crippen LogP contribution in [0.25, 0.3) is 0 Å². The van der Waals surface area contributed by atoms with Crippen LogP contribution in [0.15, 0.2) is 47.4 Å². The third-order valence-corrected chi connectivity index (χ3v) is 4.38. The van der Waals surface area contributed by atoms with Gasteiger partial charge in [-0.15, -0.1) is 0 Å². The molecule has 0 N–H and O–H groups in total. The Hall–Kier alpha value is -2.60. The van der Waals surface area contributed by atoms with Crippen LogP contribution < -0.4 is 15.0 Å². The Morgan fingerprint density at radius 2 is 2.04 bits per heavy atom. The number of benzene rings is 1. The van der Waals surface area contributed by atoms with Gasteiger partial charge in [0, 0.05) is 19.2 Å². The van der Waals surface area contributed by atoms with Crippen LogP contribution in [0.4, 0.5) is 0 Å². The first-order valence-electron chi connectivity index (χ1n) is 7.72. The molecule has 6 nitrogen and oxygen atoms in total.